The van der Waals surface area contributed by atoms with E-state index in [1.807, 2.05) is 19.1 Å². The molecule has 0 saturated heterocycles. The Bertz CT molecular complexity index is 481. The number of fused-ring (bicyclic) bond motifs is 1. The van der Waals surface area contributed by atoms with Gasteiger partial charge in [0.25, 0.3) is 6.01 Å². The van der Waals surface area contributed by atoms with Crippen LogP contribution >= 0.6 is 0 Å². The van der Waals surface area contributed by atoms with Gasteiger partial charge in [-0.15, -0.1) is 0 Å². The molecule has 0 saturated carbocycles. The Hall–Kier alpha value is -1.75. The van der Waals surface area contributed by atoms with Gasteiger partial charge < -0.3 is 20.2 Å². The monoisotopic (exact) mass is 221 g/mol. The fourth-order valence-corrected chi connectivity index (χ4v) is 1.53. The summed E-state index contributed by atoms with van der Waals surface area (Å²) in [7, 11) is 1.65. The highest BCUT2D eigenvalue weighted by atomic mass is 16.5. The van der Waals surface area contributed by atoms with Crippen molar-refractivity contribution in [2.75, 3.05) is 24.8 Å². The predicted octanol–water partition coefficient (Wildman–Crippen LogP) is 1.86. The first-order chi connectivity index (χ1) is 7.70. The smallest absolute Gasteiger partial charge is 0.296 e. The third-order valence-electron chi connectivity index (χ3n) is 2.24. The second-order valence-corrected chi connectivity index (χ2v) is 3.71. The normalized spacial score (nSPS) is 12.9. The molecule has 3 N–H and O–H groups in total. The maximum Gasteiger partial charge on any atom is 0.296 e. The van der Waals surface area contributed by atoms with Crippen molar-refractivity contribution in [2.24, 2.45) is 0 Å². The van der Waals surface area contributed by atoms with Crippen LogP contribution in [0.1, 0.15) is 6.92 Å². The van der Waals surface area contributed by atoms with Crippen LogP contribution in [0.2, 0.25) is 0 Å². The Morgan fingerprint density at radius 3 is 3.06 bits per heavy atom. The molecule has 1 atom stereocenters. The van der Waals surface area contributed by atoms with Crippen molar-refractivity contribution in [1.82, 2.24) is 4.98 Å². The lowest BCUT2D eigenvalue weighted by Crippen LogP contribution is -2.20. The van der Waals surface area contributed by atoms with E-state index in [1.165, 1.54) is 0 Å². The van der Waals surface area contributed by atoms with Crippen molar-refractivity contribution in [3.63, 3.8) is 0 Å². The largest absolute Gasteiger partial charge is 0.423 e. The van der Waals surface area contributed by atoms with E-state index in [0.717, 1.165) is 0 Å². The number of benzene rings is 1. The lowest BCUT2D eigenvalue weighted by Gasteiger charge is -2.09. The summed E-state index contributed by atoms with van der Waals surface area (Å²) in [5, 5.41) is 3.10. The standard InChI is InChI=1S/C11H15N3O2/c1-7(6-15-2)13-11-14-10-8(12)4-3-5-9(10)16-11/h3-5,7H,6,12H2,1-2H3,(H,13,14). The molecule has 0 aliphatic rings. The van der Waals surface area contributed by atoms with Gasteiger partial charge in [0.05, 0.1) is 18.3 Å². The van der Waals surface area contributed by atoms with Crippen molar-refractivity contribution >= 4 is 22.8 Å². The zero-order valence-electron chi connectivity index (χ0n) is 9.36. The molecule has 5 nitrogen and oxygen atoms in total. The van der Waals surface area contributed by atoms with Gasteiger partial charge in [0, 0.05) is 7.11 Å². The summed E-state index contributed by atoms with van der Waals surface area (Å²) in [6.07, 6.45) is 0. The number of nitrogens with zero attached hydrogens (tertiary/aromatic N) is 1. The minimum absolute atomic E-state index is 0.138. The third kappa shape index (κ3) is 2.09. The highest BCUT2D eigenvalue weighted by Crippen LogP contribution is 2.23. The van der Waals surface area contributed by atoms with Crippen LogP contribution in [-0.4, -0.2) is 24.7 Å². The molecule has 5 heteroatoms. The second-order valence-electron chi connectivity index (χ2n) is 3.71. The number of ether oxygens (including phenoxy) is 1. The van der Waals surface area contributed by atoms with Gasteiger partial charge in [0.15, 0.2) is 5.58 Å². The quantitative estimate of drug-likeness (QED) is 0.771. The SMILES string of the molecule is COCC(C)Nc1nc2c(N)cccc2o1. The average molecular weight is 221 g/mol. The number of oxazole rings is 1. The number of rotatable bonds is 4. The summed E-state index contributed by atoms with van der Waals surface area (Å²) in [5.41, 5.74) is 7.78. The van der Waals surface area contributed by atoms with Crippen LogP contribution in [0, 0.1) is 0 Å². The van der Waals surface area contributed by atoms with Crippen molar-refractivity contribution in [2.45, 2.75) is 13.0 Å². The van der Waals surface area contributed by atoms with Gasteiger partial charge in [-0.1, -0.05) is 6.07 Å². The second kappa shape index (κ2) is 4.40. The van der Waals surface area contributed by atoms with Crippen molar-refractivity contribution in [1.29, 1.82) is 0 Å². The zero-order chi connectivity index (χ0) is 11.5. The Kier molecular flexibility index (Phi) is 2.96. The number of nitrogens with two attached hydrogens (primary N) is 1. The van der Waals surface area contributed by atoms with Crippen molar-refractivity contribution in [3.05, 3.63) is 18.2 Å². The summed E-state index contributed by atoms with van der Waals surface area (Å²) >= 11 is 0. The number of nitrogens with one attached hydrogen (secondary N) is 1. The maximum absolute atomic E-state index is 5.78. The molecule has 1 unspecified atom stereocenters. The van der Waals surface area contributed by atoms with Crippen LogP contribution in [0.15, 0.2) is 22.6 Å². The van der Waals surface area contributed by atoms with Crippen molar-refractivity contribution in [3.8, 4) is 0 Å². The molecule has 2 aromatic rings. The van der Waals surface area contributed by atoms with E-state index in [2.05, 4.69) is 10.3 Å². The van der Waals surface area contributed by atoms with Crippen LogP contribution in [0.3, 0.4) is 0 Å². The lowest BCUT2D eigenvalue weighted by molar-refractivity contribution is 0.189. The number of para-hydroxylation sites is 1. The fraction of sp³-hybridized carbons (Fsp3) is 0.364. The van der Waals surface area contributed by atoms with Crippen LogP contribution in [0.4, 0.5) is 11.7 Å². The molecule has 0 amide bonds. The number of methoxy groups -OCH3 is 1. The number of anilines is 2. The number of hydrogen-bond acceptors (Lipinski definition) is 5. The van der Waals surface area contributed by atoms with E-state index in [0.29, 0.717) is 29.4 Å². The van der Waals surface area contributed by atoms with Gasteiger partial charge in [-0.2, -0.15) is 4.98 Å². The molecule has 0 spiro atoms. The Balaban J connectivity index is 2.23. The predicted molar refractivity (Wildman–Crippen MR) is 63.4 cm³/mol. The topological polar surface area (TPSA) is 73.3 Å². The summed E-state index contributed by atoms with van der Waals surface area (Å²) in [4.78, 5) is 4.28. The summed E-state index contributed by atoms with van der Waals surface area (Å²) < 4.78 is 10.5. The summed E-state index contributed by atoms with van der Waals surface area (Å²) in [6, 6.07) is 6.08. The van der Waals surface area contributed by atoms with E-state index >= 15 is 0 Å². The number of aromatic nitrogens is 1. The van der Waals surface area contributed by atoms with Gasteiger partial charge in [-0.05, 0) is 19.1 Å². The van der Waals surface area contributed by atoms with Crippen LogP contribution in [0.25, 0.3) is 11.1 Å². The van der Waals surface area contributed by atoms with E-state index in [-0.39, 0.29) is 6.04 Å². The molecule has 0 aliphatic carbocycles. The first-order valence-electron chi connectivity index (χ1n) is 5.11. The molecule has 0 bridgehead atoms. The highest BCUT2D eigenvalue weighted by Gasteiger charge is 2.09. The Labute approximate surface area is 93.6 Å². The maximum atomic E-state index is 5.78. The Morgan fingerprint density at radius 1 is 1.56 bits per heavy atom. The van der Waals surface area contributed by atoms with E-state index in [4.69, 9.17) is 14.9 Å². The molecule has 0 fully saturated rings. The molecular formula is C11H15N3O2. The van der Waals surface area contributed by atoms with Gasteiger partial charge >= 0.3 is 0 Å². The van der Waals surface area contributed by atoms with Gasteiger partial charge in [-0.3, -0.25) is 0 Å². The average Bonchev–Trinajstić information content (AvgIpc) is 2.62. The third-order valence-corrected chi connectivity index (χ3v) is 2.24. The zero-order valence-corrected chi connectivity index (χ0v) is 9.36. The molecule has 2 rings (SSSR count). The molecule has 86 valence electrons. The molecule has 0 radical (unpaired) electrons. The van der Waals surface area contributed by atoms with Gasteiger partial charge in [0.1, 0.15) is 5.52 Å². The molecule has 0 aliphatic heterocycles. The Morgan fingerprint density at radius 2 is 2.38 bits per heavy atom. The molecule has 1 aromatic heterocycles. The van der Waals surface area contributed by atoms with E-state index < -0.39 is 0 Å². The first-order valence-corrected chi connectivity index (χ1v) is 5.11. The summed E-state index contributed by atoms with van der Waals surface area (Å²) in [5.74, 6) is 0. The fourth-order valence-electron chi connectivity index (χ4n) is 1.53. The minimum atomic E-state index is 0.138. The van der Waals surface area contributed by atoms with Crippen LogP contribution in [0.5, 0.6) is 0 Å². The first kappa shape index (κ1) is 10.8. The molecular weight excluding hydrogens is 206 g/mol. The van der Waals surface area contributed by atoms with E-state index in [9.17, 15) is 0 Å². The number of nitrogen functional groups attached to an aromatic ring is 1. The lowest BCUT2D eigenvalue weighted by atomic mass is 10.3. The van der Waals surface area contributed by atoms with Crippen LogP contribution in [-0.2, 0) is 4.74 Å². The van der Waals surface area contributed by atoms with E-state index in [1.54, 1.807) is 13.2 Å². The van der Waals surface area contributed by atoms with Gasteiger partial charge in [-0.25, -0.2) is 0 Å². The van der Waals surface area contributed by atoms with Crippen LogP contribution < -0.4 is 11.1 Å². The van der Waals surface area contributed by atoms with Crippen molar-refractivity contribution < 1.29 is 9.15 Å². The summed E-state index contributed by atoms with van der Waals surface area (Å²) in [6.45, 7) is 2.58. The molecule has 1 aromatic carbocycles. The van der Waals surface area contributed by atoms with Gasteiger partial charge in [0.2, 0.25) is 0 Å². The molecule has 1 heterocycles. The molecule has 16 heavy (non-hydrogen) atoms. The number of hydrogen-bond donors (Lipinski definition) is 2. The minimum Gasteiger partial charge on any atom is -0.423 e. The highest BCUT2D eigenvalue weighted by molar-refractivity contribution is 5.86.